The van der Waals surface area contributed by atoms with E-state index in [0.717, 1.165) is 17.8 Å². The molecule has 0 spiro atoms. The number of nitrogens with zero attached hydrogens (tertiary/aromatic N) is 2. The fourth-order valence-corrected chi connectivity index (χ4v) is 2.27. The lowest BCUT2D eigenvalue weighted by Gasteiger charge is -2.03. The Morgan fingerprint density at radius 3 is 2.70 bits per heavy atom. The van der Waals surface area contributed by atoms with Gasteiger partial charge in [-0.05, 0) is 21.5 Å². The number of hydrogen-bond acceptors (Lipinski definition) is 5. The molecule has 0 aromatic heterocycles. The largest absolute Gasteiger partial charge is 0.506 e. The maximum absolute atomic E-state index is 11.7. The summed E-state index contributed by atoms with van der Waals surface area (Å²) in [6.45, 7) is 0. The molecule has 0 bridgehead atoms. The van der Waals surface area contributed by atoms with Gasteiger partial charge in [0.05, 0.1) is 22.0 Å². The van der Waals surface area contributed by atoms with Crippen LogP contribution in [-0.4, -0.2) is 22.2 Å². The summed E-state index contributed by atoms with van der Waals surface area (Å²) in [7, 11) is 0. The molecule has 0 fully saturated rings. The lowest BCUT2D eigenvalue weighted by atomic mass is 10.1. The van der Waals surface area contributed by atoms with Crippen LogP contribution in [0.5, 0.6) is 5.75 Å². The molecule has 8 heteroatoms. The molecule has 0 aliphatic heterocycles. The van der Waals surface area contributed by atoms with Gasteiger partial charge in [-0.25, -0.2) is 5.43 Å². The summed E-state index contributed by atoms with van der Waals surface area (Å²) < 4.78 is 0.170. The van der Waals surface area contributed by atoms with E-state index in [1.807, 2.05) is 30.3 Å². The number of carbonyl (C=O) groups is 1. The predicted molar refractivity (Wildman–Crippen MR) is 88.3 cm³/mol. The number of nitro benzene ring substituents is 1. The number of benzene rings is 2. The van der Waals surface area contributed by atoms with E-state index in [1.165, 1.54) is 6.07 Å². The Labute approximate surface area is 139 Å². The highest BCUT2D eigenvalue weighted by atomic mass is 79.9. The normalized spacial score (nSPS) is 10.7. The molecular formula is C15H12BrN3O4. The molecule has 2 rings (SSSR count). The van der Waals surface area contributed by atoms with Crippen molar-refractivity contribution in [2.24, 2.45) is 5.10 Å². The van der Waals surface area contributed by atoms with Gasteiger partial charge in [-0.15, -0.1) is 0 Å². The summed E-state index contributed by atoms with van der Waals surface area (Å²) in [6, 6.07) is 11.5. The van der Waals surface area contributed by atoms with Gasteiger partial charge in [-0.1, -0.05) is 30.3 Å². The average molecular weight is 378 g/mol. The van der Waals surface area contributed by atoms with Crippen LogP contribution < -0.4 is 5.43 Å². The van der Waals surface area contributed by atoms with Crippen molar-refractivity contribution in [1.29, 1.82) is 0 Å². The highest BCUT2D eigenvalue weighted by molar-refractivity contribution is 9.10. The lowest BCUT2D eigenvalue weighted by Crippen LogP contribution is -2.19. The Balaban J connectivity index is 2.05. The molecule has 0 atom stereocenters. The van der Waals surface area contributed by atoms with E-state index < -0.39 is 4.92 Å². The van der Waals surface area contributed by atoms with Crippen LogP contribution in [0, 0.1) is 10.1 Å². The number of nitro groups is 1. The number of hydrogen-bond donors (Lipinski definition) is 2. The smallest absolute Gasteiger partial charge is 0.271 e. The number of aromatic hydroxyl groups is 1. The number of phenols is 1. The maximum Gasteiger partial charge on any atom is 0.271 e. The standard InChI is InChI=1S/C15H12BrN3O4/c16-13-8-12(19(22)23)7-11(15(13)21)9-17-18-14(20)6-10-4-2-1-3-5-10/h1-5,7-9,21H,6H2,(H,18,20)/b17-9-. The summed E-state index contributed by atoms with van der Waals surface area (Å²) in [6.07, 6.45) is 1.30. The van der Waals surface area contributed by atoms with Gasteiger partial charge in [0, 0.05) is 17.7 Å². The zero-order chi connectivity index (χ0) is 16.8. The first-order chi connectivity index (χ1) is 11.0. The SMILES string of the molecule is O=C(Cc1ccccc1)N/N=C\c1cc([N+](=O)[O-])cc(Br)c1O. The van der Waals surface area contributed by atoms with Gasteiger partial charge in [0.25, 0.3) is 5.69 Å². The van der Waals surface area contributed by atoms with Crippen molar-refractivity contribution in [3.05, 3.63) is 68.2 Å². The van der Waals surface area contributed by atoms with Gasteiger partial charge in [-0.3, -0.25) is 14.9 Å². The van der Waals surface area contributed by atoms with Crippen molar-refractivity contribution < 1.29 is 14.8 Å². The molecule has 0 saturated carbocycles. The minimum absolute atomic E-state index is 0.117. The van der Waals surface area contributed by atoms with Gasteiger partial charge in [0.1, 0.15) is 5.75 Å². The zero-order valence-corrected chi connectivity index (χ0v) is 13.4. The molecule has 0 saturated heterocycles. The number of rotatable bonds is 5. The second kappa shape index (κ2) is 7.50. The molecule has 1 amide bonds. The third-order valence-electron chi connectivity index (χ3n) is 2.89. The van der Waals surface area contributed by atoms with Crippen LogP contribution in [0.4, 0.5) is 5.69 Å². The van der Waals surface area contributed by atoms with Crippen LogP contribution in [0.1, 0.15) is 11.1 Å². The lowest BCUT2D eigenvalue weighted by molar-refractivity contribution is -0.385. The van der Waals surface area contributed by atoms with Crippen molar-refractivity contribution in [2.75, 3.05) is 0 Å². The first-order valence-electron chi connectivity index (χ1n) is 6.50. The van der Waals surface area contributed by atoms with Gasteiger partial charge in [0.2, 0.25) is 5.91 Å². The van der Waals surface area contributed by atoms with Gasteiger partial charge < -0.3 is 5.11 Å². The summed E-state index contributed by atoms with van der Waals surface area (Å²) in [5, 5.41) is 24.3. The van der Waals surface area contributed by atoms with Crippen molar-refractivity contribution in [3.8, 4) is 5.75 Å². The van der Waals surface area contributed by atoms with Crippen LogP contribution in [0.25, 0.3) is 0 Å². The number of phenolic OH excluding ortho intramolecular Hbond substituents is 1. The van der Waals surface area contributed by atoms with E-state index >= 15 is 0 Å². The Kier molecular flexibility index (Phi) is 5.42. The Bertz CT molecular complexity index is 763. The van der Waals surface area contributed by atoms with E-state index in [4.69, 9.17) is 0 Å². The van der Waals surface area contributed by atoms with Crippen LogP contribution in [0.2, 0.25) is 0 Å². The van der Waals surface area contributed by atoms with Crippen LogP contribution in [0.15, 0.2) is 52.0 Å². The van der Waals surface area contributed by atoms with Crippen molar-refractivity contribution in [2.45, 2.75) is 6.42 Å². The highest BCUT2D eigenvalue weighted by Gasteiger charge is 2.13. The van der Waals surface area contributed by atoms with E-state index in [9.17, 15) is 20.0 Å². The molecular weight excluding hydrogens is 366 g/mol. The van der Waals surface area contributed by atoms with Gasteiger partial charge >= 0.3 is 0 Å². The number of hydrazone groups is 1. The van der Waals surface area contributed by atoms with Crippen molar-refractivity contribution in [1.82, 2.24) is 5.43 Å². The van der Waals surface area contributed by atoms with Crippen LogP contribution >= 0.6 is 15.9 Å². The Morgan fingerprint density at radius 1 is 1.35 bits per heavy atom. The summed E-state index contributed by atoms with van der Waals surface area (Å²) in [5.74, 6) is -0.534. The third-order valence-corrected chi connectivity index (χ3v) is 3.49. The summed E-state index contributed by atoms with van der Waals surface area (Å²) in [4.78, 5) is 21.9. The van der Waals surface area contributed by atoms with E-state index in [0.29, 0.717) is 0 Å². The molecule has 2 aromatic carbocycles. The second-order valence-corrected chi connectivity index (χ2v) is 5.43. The van der Waals surface area contributed by atoms with Crippen LogP contribution in [0.3, 0.4) is 0 Å². The average Bonchev–Trinajstić information content (AvgIpc) is 2.52. The van der Waals surface area contributed by atoms with Crippen LogP contribution in [-0.2, 0) is 11.2 Å². The summed E-state index contributed by atoms with van der Waals surface area (Å²) in [5.41, 5.74) is 3.06. The molecule has 2 N–H and O–H groups in total. The number of halogens is 1. The Hall–Kier alpha value is -2.74. The molecule has 0 aliphatic rings. The van der Waals surface area contributed by atoms with E-state index in [-0.39, 0.29) is 33.8 Å². The first-order valence-corrected chi connectivity index (χ1v) is 7.29. The fourth-order valence-electron chi connectivity index (χ4n) is 1.80. The predicted octanol–water partition coefficient (Wildman–Crippen LogP) is 2.76. The molecule has 118 valence electrons. The third kappa shape index (κ3) is 4.62. The molecule has 7 nitrogen and oxygen atoms in total. The zero-order valence-electron chi connectivity index (χ0n) is 11.8. The topological polar surface area (TPSA) is 105 Å². The Morgan fingerprint density at radius 2 is 2.04 bits per heavy atom. The molecule has 23 heavy (non-hydrogen) atoms. The molecule has 0 heterocycles. The minimum atomic E-state index is -0.588. The van der Waals surface area contributed by atoms with Crippen molar-refractivity contribution >= 4 is 33.7 Å². The number of carbonyl (C=O) groups excluding carboxylic acids is 1. The fraction of sp³-hybridized carbons (Fsp3) is 0.0667. The monoisotopic (exact) mass is 377 g/mol. The quantitative estimate of drug-likeness (QED) is 0.474. The summed E-state index contributed by atoms with van der Waals surface area (Å²) >= 11 is 3.03. The molecule has 0 aliphatic carbocycles. The molecule has 2 aromatic rings. The number of nitrogens with one attached hydrogen (secondary N) is 1. The highest BCUT2D eigenvalue weighted by Crippen LogP contribution is 2.31. The molecule has 0 unspecified atom stereocenters. The van der Waals surface area contributed by atoms with E-state index in [2.05, 4.69) is 26.5 Å². The number of non-ortho nitro benzene ring substituents is 1. The molecule has 0 radical (unpaired) electrons. The minimum Gasteiger partial charge on any atom is -0.506 e. The first kappa shape index (κ1) is 16.6. The number of amides is 1. The van der Waals surface area contributed by atoms with Crippen molar-refractivity contribution in [3.63, 3.8) is 0 Å². The second-order valence-electron chi connectivity index (χ2n) is 4.58. The maximum atomic E-state index is 11.7. The van der Waals surface area contributed by atoms with Gasteiger partial charge in [-0.2, -0.15) is 5.10 Å². The van der Waals surface area contributed by atoms with E-state index in [1.54, 1.807) is 0 Å². The van der Waals surface area contributed by atoms with Gasteiger partial charge in [0.15, 0.2) is 0 Å².